The van der Waals surface area contributed by atoms with Gasteiger partial charge in [0.1, 0.15) is 0 Å². The number of rotatable bonds is 1. The Labute approximate surface area is 100 Å². The predicted octanol–water partition coefficient (Wildman–Crippen LogP) is 2.84. The molecular weight excluding hydrogens is 226 g/mol. The van der Waals surface area contributed by atoms with E-state index in [0.717, 1.165) is 0 Å². The van der Waals surface area contributed by atoms with Crippen LogP contribution in [0.2, 0.25) is 5.02 Å². The zero-order chi connectivity index (χ0) is 12.3. The number of nitrogen functional groups attached to an aromatic ring is 1. The Morgan fingerprint density at radius 2 is 2.00 bits per heavy atom. The van der Waals surface area contributed by atoms with Crippen LogP contribution in [0.1, 0.15) is 20.8 Å². The molecule has 4 N–H and O–H groups in total. The van der Waals surface area contributed by atoms with Crippen LogP contribution in [-0.4, -0.2) is 11.6 Å². The zero-order valence-corrected chi connectivity index (χ0v) is 10.4. The fourth-order valence-corrected chi connectivity index (χ4v) is 1.39. The summed E-state index contributed by atoms with van der Waals surface area (Å²) in [6, 6.07) is 4.75. The molecule has 1 aromatic rings. The molecule has 0 aliphatic carbocycles. The molecule has 5 heteroatoms. The van der Waals surface area contributed by atoms with Gasteiger partial charge in [0.05, 0.1) is 16.4 Å². The zero-order valence-electron chi connectivity index (χ0n) is 9.60. The van der Waals surface area contributed by atoms with Crippen molar-refractivity contribution in [2.45, 2.75) is 26.3 Å². The van der Waals surface area contributed by atoms with E-state index in [4.69, 9.17) is 17.3 Å². The number of urea groups is 1. The van der Waals surface area contributed by atoms with Crippen LogP contribution >= 0.6 is 11.6 Å². The minimum atomic E-state index is -0.327. The van der Waals surface area contributed by atoms with Crippen molar-refractivity contribution in [2.24, 2.45) is 0 Å². The number of amides is 2. The summed E-state index contributed by atoms with van der Waals surface area (Å²) in [6.07, 6.45) is 0. The topological polar surface area (TPSA) is 67.2 Å². The van der Waals surface area contributed by atoms with Crippen LogP contribution in [-0.2, 0) is 0 Å². The quantitative estimate of drug-likeness (QED) is 0.662. The molecule has 0 aliphatic rings. The first-order valence-electron chi connectivity index (χ1n) is 4.93. The van der Waals surface area contributed by atoms with Crippen LogP contribution in [0, 0.1) is 0 Å². The minimum absolute atomic E-state index is 0.305. The molecule has 0 saturated heterocycles. The van der Waals surface area contributed by atoms with Gasteiger partial charge < -0.3 is 16.4 Å². The van der Waals surface area contributed by atoms with Crippen molar-refractivity contribution in [1.29, 1.82) is 0 Å². The Morgan fingerprint density at radius 3 is 2.50 bits per heavy atom. The first kappa shape index (κ1) is 12.6. The van der Waals surface area contributed by atoms with Crippen LogP contribution < -0.4 is 16.4 Å². The average molecular weight is 242 g/mol. The summed E-state index contributed by atoms with van der Waals surface area (Å²) in [5.74, 6) is 0. The van der Waals surface area contributed by atoms with E-state index in [-0.39, 0.29) is 11.6 Å². The second-order valence-corrected chi connectivity index (χ2v) is 4.94. The lowest BCUT2D eigenvalue weighted by Crippen LogP contribution is -2.43. The van der Waals surface area contributed by atoms with Gasteiger partial charge in [0.2, 0.25) is 0 Å². The highest BCUT2D eigenvalue weighted by molar-refractivity contribution is 6.34. The smallest absolute Gasteiger partial charge is 0.319 e. The third kappa shape index (κ3) is 3.62. The third-order valence-electron chi connectivity index (χ3n) is 1.77. The van der Waals surface area contributed by atoms with Crippen LogP contribution in [0.4, 0.5) is 16.2 Å². The standard InChI is InChI=1S/C11H16ClN3O/c1-11(2,3)15-10(16)14-9-7(12)5-4-6-8(9)13/h4-6H,13H2,1-3H3,(H2,14,15,16). The first-order valence-corrected chi connectivity index (χ1v) is 5.30. The fraction of sp³-hybridized carbons (Fsp3) is 0.364. The lowest BCUT2D eigenvalue weighted by molar-refractivity contribution is 0.244. The van der Waals surface area contributed by atoms with E-state index >= 15 is 0 Å². The summed E-state index contributed by atoms with van der Waals surface area (Å²) in [7, 11) is 0. The summed E-state index contributed by atoms with van der Waals surface area (Å²) in [6.45, 7) is 5.67. The van der Waals surface area contributed by atoms with E-state index in [9.17, 15) is 4.79 Å². The highest BCUT2D eigenvalue weighted by atomic mass is 35.5. The molecule has 1 rings (SSSR count). The summed E-state index contributed by atoms with van der Waals surface area (Å²) >= 11 is 5.92. The molecule has 0 radical (unpaired) electrons. The lowest BCUT2D eigenvalue weighted by atomic mass is 10.1. The Bertz CT molecular complexity index is 378. The molecule has 0 unspecified atom stereocenters. The van der Waals surface area contributed by atoms with Crippen LogP contribution in [0.3, 0.4) is 0 Å². The van der Waals surface area contributed by atoms with Crippen molar-refractivity contribution in [3.05, 3.63) is 23.2 Å². The number of anilines is 2. The van der Waals surface area contributed by atoms with Crippen molar-refractivity contribution >= 4 is 29.0 Å². The van der Waals surface area contributed by atoms with Gasteiger partial charge in [0.25, 0.3) is 0 Å². The molecular formula is C11H16ClN3O. The SMILES string of the molecule is CC(C)(C)NC(=O)Nc1c(N)cccc1Cl. The second-order valence-electron chi connectivity index (χ2n) is 4.53. The van der Waals surface area contributed by atoms with E-state index in [0.29, 0.717) is 16.4 Å². The maximum absolute atomic E-state index is 11.6. The van der Waals surface area contributed by atoms with Gasteiger partial charge in [-0.1, -0.05) is 17.7 Å². The lowest BCUT2D eigenvalue weighted by Gasteiger charge is -2.21. The van der Waals surface area contributed by atoms with E-state index in [1.807, 2.05) is 20.8 Å². The number of nitrogens with two attached hydrogens (primary N) is 1. The summed E-state index contributed by atoms with van der Waals surface area (Å²) in [5.41, 5.74) is 6.28. The van der Waals surface area contributed by atoms with Gasteiger partial charge >= 0.3 is 6.03 Å². The monoisotopic (exact) mass is 241 g/mol. The molecule has 88 valence electrons. The maximum Gasteiger partial charge on any atom is 0.319 e. The number of benzene rings is 1. The van der Waals surface area contributed by atoms with Gasteiger partial charge in [-0.25, -0.2) is 4.79 Å². The van der Waals surface area contributed by atoms with E-state index < -0.39 is 0 Å². The molecule has 0 spiro atoms. The second kappa shape index (κ2) is 4.61. The molecule has 4 nitrogen and oxygen atoms in total. The molecule has 0 fully saturated rings. The normalized spacial score (nSPS) is 11.0. The molecule has 2 amide bonds. The third-order valence-corrected chi connectivity index (χ3v) is 2.09. The van der Waals surface area contributed by atoms with Crippen LogP contribution in [0.5, 0.6) is 0 Å². The van der Waals surface area contributed by atoms with Gasteiger partial charge in [-0.2, -0.15) is 0 Å². The summed E-state index contributed by atoms with van der Waals surface area (Å²) in [5, 5.41) is 5.81. The maximum atomic E-state index is 11.6. The molecule has 0 aliphatic heterocycles. The van der Waals surface area contributed by atoms with Gasteiger partial charge in [0, 0.05) is 5.54 Å². The van der Waals surface area contributed by atoms with E-state index in [1.165, 1.54) is 0 Å². The molecule has 0 saturated carbocycles. The molecule has 16 heavy (non-hydrogen) atoms. The number of nitrogens with one attached hydrogen (secondary N) is 2. The van der Waals surface area contributed by atoms with Crippen molar-refractivity contribution < 1.29 is 4.79 Å². The Morgan fingerprint density at radius 1 is 1.38 bits per heavy atom. The minimum Gasteiger partial charge on any atom is -0.397 e. The fourth-order valence-electron chi connectivity index (χ4n) is 1.16. The first-order chi connectivity index (χ1) is 7.29. The molecule has 1 aromatic carbocycles. The molecule has 0 atom stereocenters. The average Bonchev–Trinajstić information content (AvgIpc) is 2.08. The molecule has 0 aromatic heterocycles. The number of halogens is 1. The molecule has 0 heterocycles. The van der Waals surface area contributed by atoms with Crippen LogP contribution in [0.25, 0.3) is 0 Å². The summed E-state index contributed by atoms with van der Waals surface area (Å²) < 4.78 is 0. The van der Waals surface area contributed by atoms with Gasteiger partial charge in [-0.15, -0.1) is 0 Å². The Kier molecular flexibility index (Phi) is 3.65. The predicted molar refractivity (Wildman–Crippen MR) is 67.8 cm³/mol. The molecule has 0 bridgehead atoms. The number of hydrogen-bond acceptors (Lipinski definition) is 2. The van der Waals surface area contributed by atoms with Crippen molar-refractivity contribution in [2.75, 3.05) is 11.1 Å². The number of para-hydroxylation sites is 1. The van der Waals surface area contributed by atoms with E-state index in [2.05, 4.69) is 10.6 Å². The number of carbonyl (C=O) groups excluding carboxylic acids is 1. The highest BCUT2D eigenvalue weighted by Gasteiger charge is 2.15. The van der Waals surface area contributed by atoms with Gasteiger partial charge in [-0.05, 0) is 32.9 Å². The summed E-state index contributed by atoms with van der Waals surface area (Å²) in [4.78, 5) is 11.6. The van der Waals surface area contributed by atoms with Gasteiger partial charge in [0.15, 0.2) is 0 Å². The Hall–Kier alpha value is -1.42. The van der Waals surface area contributed by atoms with Crippen LogP contribution in [0.15, 0.2) is 18.2 Å². The number of carbonyl (C=O) groups is 1. The van der Waals surface area contributed by atoms with E-state index in [1.54, 1.807) is 18.2 Å². The van der Waals surface area contributed by atoms with Crippen molar-refractivity contribution in [1.82, 2.24) is 5.32 Å². The highest BCUT2D eigenvalue weighted by Crippen LogP contribution is 2.27. The van der Waals surface area contributed by atoms with Crippen molar-refractivity contribution in [3.8, 4) is 0 Å². The Balaban J connectivity index is 2.78. The van der Waals surface area contributed by atoms with Gasteiger partial charge in [-0.3, -0.25) is 0 Å². The largest absolute Gasteiger partial charge is 0.397 e. The van der Waals surface area contributed by atoms with Crippen molar-refractivity contribution in [3.63, 3.8) is 0 Å². The number of hydrogen-bond donors (Lipinski definition) is 3.